The topological polar surface area (TPSA) is 98.8 Å². The molecule has 1 fully saturated rings. The number of hydrogen-bond acceptors (Lipinski definition) is 6. The highest BCUT2D eigenvalue weighted by molar-refractivity contribution is 7.89. The molecule has 8 nitrogen and oxygen atoms in total. The molecule has 3 rings (SSSR count). The van der Waals surface area contributed by atoms with Gasteiger partial charge in [-0.25, -0.2) is 12.7 Å². The standard InChI is InChI=1S/C16H24N4O4S/c1-19(2)25(22,23)10-11-7-20(9-16(11)21)8-15-13-6-12(24-3)4-5-14(13)17-18-15/h4-6,11,16,21H,7-10H2,1-3H3,(H,17,18)/t11-,16+/m0/s1. The Morgan fingerprint density at radius 3 is 2.84 bits per heavy atom. The van der Waals surface area contributed by atoms with Crippen LogP contribution in [0.3, 0.4) is 0 Å². The van der Waals surface area contributed by atoms with E-state index >= 15 is 0 Å². The lowest BCUT2D eigenvalue weighted by Crippen LogP contribution is -2.33. The molecule has 1 aromatic heterocycles. The average molecular weight is 368 g/mol. The SMILES string of the molecule is COc1ccc2n[nH]c(CN3C[C@@H](CS(=O)(=O)N(C)C)[C@H](O)C3)c2c1. The molecule has 2 heterocycles. The Hall–Kier alpha value is -1.68. The zero-order valence-corrected chi connectivity index (χ0v) is 15.5. The largest absolute Gasteiger partial charge is 0.497 e. The second-order valence-corrected chi connectivity index (χ2v) is 8.90. The van der Waals surface area contributed by atoms with Gasteiger partial charge in [-0.3, -0.25) is 10.00 Å². The van der Waals surface area contributed by atoms with Gasteiger partial charge in [0, 0.05) is 45.0 Å². The number of aromatic nitrogens is 2. The first-order valence-corrected chi connectivity index (χ1v) is 9.72. The predicted octanol–water partition coefficient (Wildman–Crippen LogP) is 0.256. The summed E-state index contributed by atoms with van der Waals surface area (Å²) in [6, 6.07) is 5.67. The van der Waals surface area contributed by atoms with E-state index in [0.29, 0.717) is 19.6 Å². The van der Waals surface area contributed by atoms with Crippen LogP contribution in [0.15, 0.2) is 18.2 Å². The lowest BCUT2D eigenvalue weighted by Gasteiger charge is -2.17. The maximum atomic E-state index is 12.1. The Morgan fingerprint density at radius 2 is 2.16 bits per heavy atom. The average Bonchev–Trinajstić information content (AvgIpc) is 3.10. The summed E-state index contributed by atoms with van der Waals surface area (Å²) in [6.45, 7) is 1.54. The summed E-state index contributed by atoms with van der Waals surface area (Å²) in [5, 5.41) is 18.5. The summed E-state index contributed by atoms with van der Waals surface area (Å²) < 4.78 is 30.6. The quantitative estimate of drug-likeness (QED) is 0.759. The minimum atomic E-state index is -3.33. The van der Waals surface area contributed by atoms with E-state index in [-0.39, 0.29) is 11.7 Å². The molecule has 0 spiro atoms. The lowest BCUT2D eigenvalue weighted by atomic mass is 10.1. The van der Waals surface area contributed by atoms with Crippen molar-refractivity contribution < 1.29 is 18.3 Å². The van der Waals surface area contributed by atoms with Crippen LogP contribution in [0.1, 0.15) is 5.69 Å². The molecule has 0 amide bonds. The highest BCUT2D eigenvalue weighted by atomic mass is 32.2. The molecule has 0 radical (unpaired) electrons. The number of hydrogen-bond donors (Lipinski definition) is 2. The van der Waals surface area contributed by atoms with Gasteiger partial charge in [0.15, 0.2) is 0 Å². The number of β-amino-alcohol motifs (C(OH)–C–C–N with tert-alkyl or cyclic N) is 1. The van der Waals surface area contributed by atoms with Gasteiger partial charge in [0.2, 0.25) is 10.0 Å². The van der Waals surface area contributed by atoms with Crippen molar-refractivity contribution >= 4 is 20.9 Å². The van der Waals surface area contributed by atoms with Crippen LogP contribution in [0.25, 0.3) is 10.9 Å². The van der Waals surface area contributed by atoms with Crippen molar-refractivity contribution in [3.05, 3.63) is 23.9 Å². The molecule has 2 aromatic rings. The molecule has 2 N–H and O–H groups in total. The number of rotatable bonds is 6. The van der Waals surface area contributed by atoms with Crippen molar-refractivity contribution in [3.63, 3.8) is 0 Å². The Kier molecular flexibility index (Phi) is 5.01. The molecule has 0 unspecified atom stereocenters. The number of nitrogens with one attached hydrogen (secondary N) is 1. The van der Waals surface area contributed by atoms with Crippen molar-refractivity contribution in [1.82, 2.24) is 19.4 Å². The number of fused-ring (bicyclic) bond motifs is 1. The molecule has 1 aliphatic heterocycles. The fraction of sp³-hybridized carbons (Fsp3) is 0.562. The van der Waals surface area contributed by atoms with Crippen molar-refractivity contribution in [2.24, 2.45) is 5.92 Å². The minimum Gasteiger partial charge on any atom is -0.497 e. The van der Waals surface area contributed by atoms with E-state index in [0.717, 1.165) is 22.3 Å². The summed E-state index contributed by atoms with van der Waals surface area (Å²) >= 11 is 0. The number of sulfonamides is 1. The zero-order chi connectivity index (χ0) is 18.2. The number of nitrogens with zero attached hydrogens (tertiary/aromatic N) is 3. The number of H-pyrrole nitrogens is 1. The first-order chi connectivity index (χ1) is 11.8. The fourth-order valence-corrected chi connectivity index (χ4v) is 4.33. The Balaban J connectivity index is 1.72. The van der Waals surface area contributed by atoms with Crippen molar-refractivity contribution in [2.75, 3.05) is 40.0 Å². The number of methoxy groups -OCH3 is 1. The van der Waals surface area contributed by atoms with Gasteiger partial charge >= 0.3 is 0 Å². The summed E-state index contributed by atoms with van der Waals surface area (Å²) in [7, 11) is 1.31. The normalized spacial score (nSPS) is 22.1. The summed E-state index contributed by atoms with van der Waals surface area (Å²) in [5.41, 5.74) is 1.78. The van der Waals surface area contributed by atoms with Gasteiger partial charge in [-0.05, 0) is 18.2 Å². The van der Waals surface area contributed by atoms with Crippen molar-refractivity contribution in [1.29, 1.82) is 0 Å². The number of benzene rings is 1. The van der Waals surface area contributed by atoms with Crippen LogP contribution in [0.5, 0.6) is 5.75 Å². The van der Waals surface area contributed by atoms with E-state index in [4.69, 9.17) is 4.74 Å². The van der Waals surface area contributed by atoms with Crippen molar-refractivity contribution in [2.45, 2.75) is 12.6 Å². The van der Waals surface area contributed by atoms with E-state index in [9.17, 15) is 13.5 Å². The number of aromatic amines is 1. The molecule has 25 heavy (non-hydrogen) atoms. The summed E-state index contributed by atoms with van der Waals surface area (Å²) in [6.07, 6.45) is -0.654. The number of likely N-dealkylation sites (tertiary alicyclic amines) is 1. The second kappa shape index (κ2) is 6.91. The molecule has 9 heteroatoms. The van der Waals surface area contributed by atoms with Gasteiger partial charge in [-0.2, -0.15) is 5.10 Å². The van der Waals surface area contributed by atoms with E-state index in [1.54, 1.807) is 7.11 Å². The van der Waals surface area contributed by atoms with Crippen LogP contribution in [-0.4, -0.2) is 79.1 Å². The third-order valence-electron chi connectivity index (χ3n) is 4.69. The maximum absolute atomic E-state index is 12.1. The maximum Gasteiger partial charge on any atom is 0.214 e. The predicted molar refractivity (Wildman–Crippen MR) is 94.9 cm³/mol. The monoisotopic (exact) mass is 368 g/mol. The molecule has 1 saturated heterocycles. The highest BCUT2D eigenvalue weighted by Crippen LogP contribution is 2.26. The van der Waals surface area contributed by atoms with Crippen LogP contribution in [0.2, 0.25) is 0 Å². The molecule has 1 aliphatic rings. The van der Waals surface area contributed by atoms with Crippen LogP contribution in [-0.2, 0) is 16.6 Å². The van der Waals surface area contributed by atoms with E-state index in [1.165, 1.54) is 18.4 Å². The molecule has 138 valence electrons. The second-order valence-electron chi connectivity index (χ2n) is 6.67. The van der Waals surface area contributed by atoms with E-state index in [1.807, 2.05) is 23.1 Å². The van der Waals surface area contributed by atoms with Crippen LogP contribution in [0.4, 0.5) is 0 Å². The van der Waals surface area contributed by atoms with Gasteiger partial charge in [-0.1, -0.05) is 0 Å². The smallest absolute Gasteiger partial charge is 0.214 e. The highest BCUT2D eigenvalue weighted by Gasteiger charge is 2.35. The van der Waals surface area contributed by atoms with Crippen molar-refractivity contribution in [3.8, 4) is 5.75 Å². The fourth-order valence-electron chi connectivity index (χ4n) is 3.17. The third-order valence-corrected chi connectivity index (χ3v) is 6.65. The molecule has 1 aromatic carbocycles. The van der Waals surface area contributed by atoms with Gasteiger partial charge in [-0.15, -0.1) is 0 Å². The third kappa shape index (κ3) is 3.79. The summed E-state index contributed by atoms with van der Waals surface area (Å²) in [4.78, 5) is 2.05. The van der Waals surface area contributed by atoms with Gasteiger partial charge < -0.3 is 9.84 Å². The molecular weight excluding hydrogens is 344 g/mol. The Morgan fingerprint density at radius 1 is 1.40 bits per heavy atom. The van der Waals surface area contributed by atoms with E-state index in [2.05, 4.69) is 10.2 Å². The number of ether oxygens (including phenoxy) is 1. The summed E-state index contributed by atoms with van der Waals surface area (Å²) in [5.74, 6) is 0.414. The lowest BCUT2D eigenvalue weighted by molar-refractivity contribution is 0.148. The number of aliphatic hydroxyl groups is 1. The van der Waals surface area contributed by atoms with Crippen LogP contribution >= 0.6 is 0 Å². The van der Waals surface area contributed by atoms with Gasteiger partial charge in [0.05, 0.1) is 30.2 Å². The molecule has 2 atom stereocenters. The Bertz CT molecular complexity index is 849. The molecule has 0 aliphatic carbocycles. The minimum absolute atomic E-state index is 0.0464. The molecule has 0 saturated carbocycles. The molecule has 0 bridgehead atoms. The number of aliphatic hydroxyl groups excluding tert-OH is 1. The Labute approximate surface area is 147 Å². The van der Waals surface area contributed by atoms with Gasteiger partial charge in [0.1, 0.15) is 5.75 Å². The molecular formula is C16H24N4O4S. The van der Waals surface area contributed by atoms with Gasteiger partial charge in [0.25, 0.3) is 0 Å². The van der Waals surface area contributed by atoms with Crippen LogP contribution in [0, 0.1) is 5.92 Å². The van der Waals surface area contributed by atoms with E-state index < -0.39 is 16.1 Å². The zero-order valence-electron chi connectivity index (χ0n) is 14.6. The first-order valence-electron chi connectivity index (χ1n) is 8.12. The van der Waals surface area contributed by atoms with Crippen LogP contribution < -0.4 is 4.74 Å². The first kappa shape index (κ1) is 18.1.